The van der Waals surface area contributed by atoms with E-state index in [1.807, 2.05) is 24.3 Å². The highest BCUT2D eigenvalue weighted by molar-refractivity contribution is 6.30. The van der Waals surface area contributed by atoms with Crippen LogP contribution in [0, 0.1) is 0 Å². The van der Waals surface area contributed by atoms with Crippen molar-refractivity contribution in [1.82, 2.24) is 10.2 Å². The van der Waals surface area contributed by atoms with Gasteiger partial charge in [-0.3, -0.25) is 10.1 Å². The molecule has 1 unspecified atom stereocenters. The molecule has 1 atom stereocenters. The summed E-state index contributed by atoms with van der Waals surface area (Å²) in [5, 5.41) is 4.35. The molecule has 0 aromatic heterocycles. The van der Waals surface area contributed by atoms with Gasteiger partial charge in [0, 0.05) is 11.1 Å². The van der Waals surface area contributed by atoms with E-state index in [4.69, 9.17) is 11.6 Å². The third-order valence-electron chi connectivity index (χ3n) is 5.24. The zero-order chi connectivity index (χ0) is 14.4. The molecule has 3 aliphatic rings. The maximum Gasteiger partial charge on any atom is 0.244 e. The summed E-state index contributed by atoms with van der Waals surface area (Å²) >= 11 is 6.00. The lowest BCUT2D eigenvalue weighted by Gasteiger charge is -2.35. The van der Waals surface area contributed by atoms with Crippen LogP contribution in [0.25, 0.3) is 0 Å². The predicted octanol–water partition coefficient (Wildman–Crippen LogP) is 3.64. The van der Waals surface area contributed by atoms with Gasteiger partial charge in [0.2, 0.25) is 5.91 Å². The molecule has 1 N–H and O–H groups in total. The molecule has 2 saturated carbocycles. The van der Waals surface area contributed by atoms with Gasteiger partial charge in [-0.2, -0.15) is 0 Å². The summed E-state index contributed by atoms with van der Waals surface area (Å²) in [6.45, 7) is 0. The highest BCUT2D eigenvalue weighted by Crippen LogP contribution is 2.48. The fraction of sp³-hybridized carbons (Fsp3) is 0.588. The lowest BCUT2D eigenvalue weighted by atomic mass is 9.93. The topological polar surface area (TPSA) is 32.3 Å². The molecule has 3 fully saturated rings. The van der Waals surface area contributed by atoms with Crippen molar-refractivity contribution in [3.63, 3.8) is 0 Å². The third-order valence-corrected chi connectivity index (χ3v) is 5.49. The molecule has 4 heteroatoms. The average Bonchev–Trinajstić information content (AvgIpc) is 3.23. The van der Waals surface area contributed by atoms with Crippen molar-refractivity contribution in [3.8, 4) is 0 Å². The Balaban J connectivity index is 1.66. The molecule has 0 radical (unpaired) electrons. The minimum Gasteiger partial charge on any atom is -0.318 e. The van der Waals surface area contributed by atoms with Crippen LogP contribution in [0.5, 0.6) is 0 Å². The van der Waals surface area contributed by atoms with Crippen molar-refractivity contribution >= 4 is 17.5 Å². The molecule has 1 spiro atoms. The van der Waals surface area contributed by atoms with Gasteiger partial charge >= 0.3 is 0 Å². The third kappa shape index (κ3) is 2.27. The van der Waals surface area contributed by atoms with Crippen molar-refractivity contribution in [3.05, 3.63) is 34.9 Å². The first-order chi connectivity index (χ1) is 10.2. The molecular weight excluding hydrogens is 284 g/mol. The van der Waals surface area contributed by atoms with E-state index in [9.17, 15) is 4.79 Å². The van der Waals surface area contributed by atoms with Crippen molar-refractivity contribution in [2.24, 2.45) is 0 Å². The number of hydrogen-bond donors (Lipinski definition) is 1. The summed E-state index contributed by atoms with van der Waals surface area (Å²) in [6, 6.07) is 8.33. The van der Waals surface area contributed by atoms with Gasteiger partial charge in [-0.15, -0.1) is 0 Å². The first-order valence-electron chi connectivity index (χ1n) is 8.06. The van der Waals surface area contributed by atoms with Gasteiger partial charge in [-0.1, -0.05) is 43.0 Å². The van der Waals surface area contributed by atoms with E-state index >= 15 is 0 Å². The molecule has 1 amide bonds. The Labute approximate surface area is 130 Å². The Hall–Kier alpha value is -1.06. The zero-order valence-electron chi connectivity index (χ0n) is 12.1. The highest BCUT2D eigenvalue weighted by atomic mass is 35.5. The Morgan fingerprint density at radius 2 is 1.76 bits per heavy atom. The molecule has 1 aromatic rings. The van der Waals surface area contributed by atoms with Gasteiger partial charge in [-0.25, -0.2) is 0 Å². The lowest BCUT2D eigenvalue weighted by Crippen LogP contribution is -2.41. The summed E-state index contributed by atoms with van der Waals surface area (Å²) in [7, 11) is 0. The van der Waals surface area contributed by atoms with Gasteiger partial charge < -0.3 is 4.90 Å². The number of nitrogens with zero attached hydrogens (tertiary/aromatic N) is 1. The Morgan fingerprint density at radius 1 is 1.10 bits per heavy atom. The van der Waals surface area contributed by atoms with Crippen LogP contribution < -0.4 is 5.32 Å². The smallest absolute Gasteiger partial charge is 0.244 e. The second-order valence-electron chi connectivity index (χ2n) is 6.68. The highest BCUT2D eigenvalue weighted by Gasteiger charge is 2.60. The van der Waals surface area contributed by atoms with Gasteiger partial charge in [0.1, 0.15) is 11.7 Å². The van der Waals surface area contributed by atoms with Gasteiger partial charge in [0.15, 0.2) is 0 Å². The molecule has 2 aliphatic carbocycles. The van der Waals surface area contributed by atoms with E-state index in [1.54, 1.807) is 0 Å². The molecule has 3 nitrogen and oxygen atoms in total. The fourth-order valence-corrected chi connectivity index (χ4v) is 3.99. The van der Waals surface area contributed by atoms with Crippen LogP contribution in [0.3, 0.4) is 0 Å². The first kappa shape index (κ1) is 13.6. The van der Waals surface area contributed by atoms with Crippen LogP contribution in [0.4, 0.5) is 0 Å². The molecule has 1 heterocycles. The second kappa shape index (κ2) is 4.99. The van der Waals surface area contributed by atoms with Crippen LogP contribution in [-0.4, -0.2) is 22.4 Å². The molecule has 21 heavy (non-hydrogen) atoms. The summed E-state index contributed by atoms with van der Waals surface area (Å²) in [6.07, 6.45) is 8.09. The van der Waals surface area contributed by atoms with E-state index in [-0.39, 0.29) is 11.7 Å². The van der Waals surface area contributed by atoms with Crippen LogP contribution in [0.15, 0.2) is 24.3 Å². The number of carbonyl (C=O) groups excluding carboxylic acids is 1. The largest absolute Gasteiger partial charge is 0.318 e. The number of benzene rings is 1. The average molecular weight is 305 g/mol. The molecule has 0 bridgehead atoms. The monoisotopic (exact) mass is 304 g/mol. The summed E-state index contributed by atoms with van der Waals surface area (Å²) in [5.74, 6) is 0.328. The van der Waals surface area contributed by atoms with E-state index < -0.39 is 0 Å². The number of hydrogen-bond acceptors (Lipinski definition) is 2. The zero-order valence-corrected chi connectivity index (χ0v) is 12.9. The molecule has 4 rings (SSSR count). The molecule has 1 aromatic carbocycles. The number of carbonyl (C=O) groups is 1. The number of nitrogens with one attached hydrogen (secondary N) is 1. The van der Waals surface area contributed by atoms with Crippen molar-refractivity contribution in [2.45, 2.75) is 62.7 Å². The fourth-order valence-electron chi connectivity index (χ4n) is 3.87. The minimum atomic E-state index is -0.248. The minimum absolute atomic E-state index is 0.0281. The van der Waals surface area contributed by atoms with Crippen molar-refractivity contribution < 1.29 is 4.79 Å². The molecule has 1 saturated heterocycles. The van der Waals surface area contributed by atoms with Crippen molar-refractivity contribution in [2.75, 3.05) is 0 Å². The van der Waals surface area contributed by atoms with E-state index in [0.29, 0.717) is 11.9 Å². The molecular formula is C17H21ClN2O. The summed E-state index contributed by atoms with van der Waals surface area (Å²) < 4.78 is 0. The van der Waals surface area contributed by atoms with Crippen molar-refractivity contribution in [1.29, 1.82) is 0 Å². The van der Waals surface area contributed by atoms with Gasteiger partial charge in [0.25, 0.3) is 0 Å². The van der Waals surface area contributed by atoms with E-state index in [1.165, 1.54) is 19.3 Å². The predicted molar refractivity (Wildman–Crippen MR) is 83.0 cm³/mol. The quantitative estimate of drug-likeness (QED) is 0.905. The van der Waals surface area contributed by atoms with Gasteiger partial charge in [0.05, 0.1) is 0 Å². The summed E-state index contributed by atoms with van der Waals surface area (Å²) in [4.78, 5) is 15.0. The standard InChI is InChI=1S/C17H21ClN2O/c18-13-8-6-12(7-9-13)15-19-17(10-11-17)16(21)20(15)14-4-2-1-3-5-14/h6-9,14-15,19H,1-5,10-11H2. The van der Waals surface area contributed by atoms with Crippen LogP contribution in [-0.2, 0) is 4.79 Å². The Kier molecular flexibility index (Phi) is 3.23. The number of halogens is 1. The second-order valence-corrected chi connectivity index (χ2v) is 7.12. The van der Waals surface area contributed by atoms with Crippen LogP contribution in [0.1, 0.15) is 56.7 Å². The van der Waals surface area contributed by atoms with E-state index in [2.05, 4.69) is 10.2 Å². The van der Waals surface area contributed by atoms with Gasteiger partial charge in [-0.05, 0) is 43.4 Å². The molecule has 1 aliphatic heterocycles. The van der Waals surface area contributed by atoms with E-state index in [0.717, 1.165) is 36.3 Å². The first-order valence-corrected chi connectivity index (χ1v) is 8.43. The summed E-state index contributed by atoms with van der Waals surface area (Å²) in [5.41, 5.74) is 0.906. The van der Waals surface area contributed by atoms with Crippen LogP contribution in [0.2, 0.25) is 5.02 Å². The van der Waals surface area contributed by atoms with Crippen LogP contribution >= 0.6 is 11.6 Å². The Bertz CT molecular complexity index is 546. The number of rotatable bonds is 2. The Morgan fingerprint density at radius 3 is 2.38 bits per heavy atom. The maximum absolute atomic E-state index is 12.9. The lowest BCUT2D eigenvalue weighted by molar-refractivity contribution is -0.133. The SMILES string of the molecule is O=C1N(C2CCCCC2)C(c2ccc(Cl)cc2)NC12CC2. The maximum atomic E-state index is 12.9. The normalized spacial score (nSPS) is 28.3. The molecule has 112 valence electrons. The number of amides is 1.